The molecule has 3 amide bonds. The quantitative estimate of drug-likeness (QED) is 0.787. The number of fused-ring (bicyclic) bond motifs is 2. The van der Waals surface area contributed by atoms with Crippen LogP contribution in [-0.4, -0.2) is 63.5 Å². The van der Waals surface area contributed by atoms with Gasteiger partial charge in [0.2, 0.25) is 11.9 Å². The highest BCUT2D eigenvalue weighted by atomic mass is 19.1. The van der Waals surface area contributed by atoms with E-state index in [0.717, 1.165) is 5.71 Å². The van der Waals surface area contributed by atoms with Crippen LogP contribution < -0.4 is 5.43 Å². The number of hydrogen-bond donors (Lipinski definition) is 1. The molecule has 1 aromatic carbocycles. The molecule has 0 saturated carbocycles. The number of hydrazone groups is 1. The number of amides is 3. The molecule has 9 heteroatoms. The molecule has 0 aliphatic carbocycles. The molecule has 0 aromatic heterocycles. The van der Waals surface area contributed by atoms with Gasteiger partial charge >= 0.3 is 12.0 Å². The van der Waals surface area contributed by atoms with Crippen molar-refractivity contribution in [3.05, 3.63) is 35.6 Å². The van der Waals surface area contributed by atoms with Gasteiger partial charge in [-0.1, -0.05) is 17.1 Å². The van der Waals surface area contributed by atoms with Crippen LogP contribution in [0.5, 0.6) is 0 Å². The summed E-state index contributed by atoms with van der Waals surface area (Å²) in [7, 11) is 1.59. The summed E-state index contributed by atoms with van der Waals surface area (Å²) in [5.41, 5.74) is 4.30. The van der Waals surface area contributed by atoms with E-state index >= 15 is 0 Å². The minimum absolute atomic E-state index is 0.0791. The first-order valence-corrected chi connectivity index (χ1v) is 7.80. The van der Waals surface area contributed by atoms with Gasteiger partial charge in [0.1, 0.15) is 12.4 Å². The molecule has 1 unspecified atom stereocenters. The Kier molecular flexibility index (Phi) is 3.38. The molecule has 1 N–H and O–H groups in total. The Labute approximate surface area is 142 Å². The second-order valence-corrected chi connectivity index (χ2v) is 6.18. The highest BCUT2D eigenvalue weighted by Crippen LogP contribution is 2.22. The summed E-state index contributed by atoms with van der Waals surface area (Å²) < 4.78 is 14.9. The van der Waals surface area contributed by atoms with Gasteiger partial charge in [0.15, 0.2) is 0 Å². The van der Waals surface area contributed by atoms with E-state index in [1.165, 1.54) is 21.9 Å². The normalized spacial score (nSPS) is 22.4. The van der Waals surface area contributed by atoms with Crippen LogP contribution in [0, 0.1) is 5.82 Å². The molecule has 0 bridgehead atoms. The number of aliphatic imine (C=N–C) groups is 1. The maximum absolute atomic E-state index is 13.1. The number of hydrogen-bond acceptors (Lipinski definition) is 5. The van der Waals surface area contributed by atoms with E-state index in [0.29, 0.717) is 23.9 Å². The Balaban J connectivity index is 1.66. The van der Waals surface area contributed by atoms with Gasteiger partial charge in [0.05, 0.1) is 12.3 Å². The lowest BCUT2D eigenvalue weighted by molar-refractivity contribution is -0.524. The minimum Gasteiger partial charge on any atom is -0.270 e. The van der Waals surface area contributed by atoms with Crippen molar-refractivity contribution in [1.29, 1.82) is 0 Å². The molecule has 4 rings (SSSR count). The average Bonchev–Trinajstić information content (AvgIpc) is 2.97. The van der Waals surface area contributed by atoms with Crippen molar-refractivity contribution in [2.75, 3.05) is 13.6 Å². The number of nitrogens with zero attached hydrogens (tertiary/aromatic N) is 5. The summed E-state index contributed by atoms with van der Waals surface area (Å²) in [6.07, 6.45) is 0. The van der Waals surface area contributed by atoms with Crippen molar-refractivity contribution in [2.24, 2.45) is 10.1 Å². The van der Waals surface area contributed by atoms with E-state index in [4.69, 9.17) is 0 Å². The number of halogens is 1. The van der Waals surface area contributed by atoms with E-state index in [-0.39, 0.29) is 18.3 Å². The molecule has 8 nitrogen and oxygen atoms in total. The largest absolute Gasteiger partial charge is 0.414 e. The SMILES string of the molecule is CC1=NNC2=[N+](C1)C1C(=O)N(Cc3ccc(F)cc3)C(=O)N(C)C1=N2. The fraction of sp³-hybridized carbons (Fsp3) is 0.312. The van der Waals surface area contributed by atoms with Crippen LogP contribution in [0.3, 0.4) is 0 Å². The third-order valence-corrected chi connectivity index (χ3v) is 4.41. The third kappa shape index (κ3) is 2.39. The summed E-state index contributed by atoms with van der Waals surface area (Å²) in [5.74, 6) is 0.133. The minimum atomic E-state index is -0.670. The summed E-state index contributed by atoms with van der Waals surface area (Å²) >= 11 is 0. The zero-order valence-corrected chi connectivity index (χ0v) is 13.7. The number of carbonyl (C=O) groups excluding carboxylic acids is 2. The Morgan fingerprint density at radius 3 is 2.76 bits per heavy atom. The van der Waals surface area contributed by atoms with Crippen molar-refractivity contribution in [3.63, 3.8) is 0 Å². The molecule has 3 heterocycles. The average molecular weight is 343 g/mol. The van der Waals surface area contributed by atoms with Gasteiger partial charge in [-0.05, 0) is 24.6 Å². The van der Waals surface area contributed by atoms with E-state index in [1.54, 1.807) is 23.8 Å². The summed E-state index contributed by atoms with van der Waals surface area (Å²) in [6.45, 7) is 2.38. The lowest BCUT2D eigenvalue weighted by Gasteiger charge is -2.34. The second kappa shape index (κ2) is 5.47. The molecule has 1 atom stereocenters. The second-order valence-electron chi connectivity index (χ2n) is 6.18. The summed E-state index contributed by atoms with van der Waals surface area (Å²) in [4.78, 5) is 32.5. The van der Waals surface area contributed by atoms with Crippen molar-refractivity contribution in [3.8, 4) is 0 Å². The predicted molar refractivity (Wildman–Crippen MR) is 87.7 cm³/mol. The molecular weight excluding hydrogens is 327 g/mol. The van der Waals surface area contributed by atoms with Gasteiger partial charge in [-0.25, -0.2) is 13.8 Å². The number of rotatable bonds is 2. The van der Waals surface area contributed by atoms with Gasteiger partial charge in [-0.2, -0.15) is 5.43 Å². The Bertz CT molecular complexity index is 873. The standard InChI is InChI=1S/C16H15FN6O2/c1-9-7-22-12-13(18-15(22)20-19-9)21(2)16(25)23(14(12)24)8-10-3-5-11(17)6-4-10/h3-6,12H,7-8H2,1-2H3/p+1. The Hall–Kier alpha value is -3.10. The Morgan fingerprint density at radius 2 is 2.04 bits per heavy atom. The zero-order chi connectivity index (χ0) is 17.7. The molecule has 1 fully saturated rings. The van der Waals surface area contributed by atoms with Crippen LogP contribution in [0.2, 0.25) is 0 Å². The zero-order valence-electron chi connectivity index (χ0n) is 13.7. The highest BCUT2D eigenvalue weighted by molar-refractivity contribution is 6.23. The highest BCUT2D eigenvalue weighted by Gasteiger charge is 2.53. The molecule has 0 radical (unpaired) electrons. The van der Waals surface area contributed by atoms with Crippen LogP contribution in [0.1, 0.15) is 12.5 Å². The summed E-state index contributed by atoms with van der Waals surface area (Å²) in [6, 6.07) is 4.61. The molecule has 3 aliphatic heterocycles. The number of carbonyl (C=O) groups is 2. The first-order valence-electron chi connectivity index (χ1n) is 7.80. The number of urea groups is 1. The topological polar surface area (TPSA) is 80.4 Å². The number of nitrogens with one attached hydrogen (secondary N) is 1. The molecule has 3 aliphatic rings. The van der Waals surface area contributed by atoms with Gasteiger partial charge < -0.3 is 0 Å². The lowest BCUT2D eigenvalue weighted by atomic mass is 10.1. The van der Waals surface area contributed by atoms with E-state index < -0.39 is 12.1 Å². The van der Waals surface area contributed by atoms with E-state index in [1.807, 2.05) is 6.92 Å². The fourth-order valence-corrected chi connectivity index (χ4v) is 3.12. The molecule has 0 spiro atoms. The molecule has 1 aromatic rings. The summed E-state index contributed by atoms with van der Waals surface area (Å²) in [5, 5.41) is 4.11. The van der Waals surface area contributed by atoms with Crippen LogP contribution in [0.15, 0.2) is 34.4 Å². The van der Waals surface area contributed by atoms with Crippen LogP contribution in [0.4, 0.5) is 9.18 Å². The number of amidine groups is 1. The molecular formula is C16H16FN6O2+. The van der Waals surface area contributed by atoms with Gasteiger partial charge in [0, 0.05) is 7.05 Å². The predicted octanol–water partition coefficient (Wildman–Crippen LogP) is 0.348. The van der Waals surface area contributed by atoms with Gasteiger partial charge in [-0.3, -0.25) is 14.6 Å². The maximum Gasteiger partial charge on any atom is 0.414 e. The number of likely N-dealkylation sites (N-methyl/N-ethyl adjacent to an activating group) is 1. The number of imide groups is 1. The first kappa shape index (κ1) is 15.4. The molecule has 128 valence electrons. The smallest absolute Gasteiger partial charge is 0.270 e. The molecule has 25 heavy (non-hydrogen) atoms. The van der Waals surface area contributed by atoms with Gasteiger partial charge in [0.25, 0.3) is 5.91 Å². The van der Waals surface area contributed by atoms with E-state index in [2.05, 4.69) is 15.5 Å². The van der Waals surface area contributed by atoms with E-state index in [9.17, 15) is 14.0 Å². The van der Waals surface area contributed by atoms with Crippen LogP contribution in [-0.2, 0) is 11.3 Å². The first-order chi connectivity index (χ1) is 12.0. The third-order valence-electron chi connectivity index (χ3n) is 4.41. The molecule has 1 saturated heterocycles. The van der Waals surface area contributed by atoms with Crippen molar-refractivity contribution < 1.29 is 18.6 Å². The van der Waals surface area contributed by atoms with Crippen LogP contribution in [0.25, 0.3) is 0 Å². The monoisotopic (exact) mass is 343 g/mol. The lowest BCUT2D eigenvalue weighted by Crippen LogP contribution is -2.63. The Morgan fingerprint density at radius 1 is 1.32 bits per heavy atom. The van der Waals surface area contributed by atoms with Crippen LogP contribution >= 0.6 is 0 Å². The number of guanidine groups is 1. The maximum atomic E-state index is 13.1. The van der Waals surface area contributed by atoms with Crippen molar-refractivity contribution in [2.45, 2.75) is 19.5 Å². The fourth-order valence-electron chi connectivity index (χ4n) is 3.12. The van der Waals surface area contributed by atoms with Crippen molar-refractivity contribution in [1.82, 2.24) is 15.2 Å². The van der Waals surface area contributed by atoms with Crippen molar-refractivity contribution >= 4 is 29.4 Å². The van der Waals surface area contributed by atoms with Gasteiger partial charge in [-0.15, -0.1) is 5.10 Å². The number of benzene rings is 1.